The van der Waals surface area contributed by atoms with Gasteiger partial charge in [0.05, 0.1) is 12.3 Å². The summed E-state index contributed by atoms with van der Waals surface area (Å²) >= 11 is 6.20. The Bertz CT molecular complexity index is 877. The van der Waals surface area contributed by atoms with Gasteiger partial charge in [0.2, 0.25) is 11.0 Å². The molecular weight excluding hydrogens is 448 g/mol. The number of nitrogens with one attached hydrogen (secondary N) is 2. The number of ether oxygens (including phenoxy) is 1. The third-order valence-electron chi connectivity index (χ3n) is 3.25. The Labute approximate surface area is 173 Å². The Morgan fingerprint density at radius 1 is 1.15 bits per heavy atom. The minimum Gasteiger partial charge on any atom is -0.492 e. The van der Waals surface area contributed by atoms with Gasteiger partial charge in [-0.1, -0.05) is 63.3 Å². The Kier molecular flexibility index (Phi) is 7.49. The van der Waals surface area contributed by atoms with Crippen LogP contribution in [0.15, 0.2) is 63.4 Å². The topological polar surface area (TPSA) is 76.1 Å². The maximum Gasteiger partial charge on any atom is 0.230 e. The predicted octanol–water partition coefficient (Wildman–Crippen LogP) is 4.33. The van der Waals surface area contributed by atoms with Crippen molar-refractivity contribution in [2.24, 2.45) is 0 Å². The summed E-state index contributed by atoms with van der Waals surface area (Å²) < 4.78 is 7.26. The van der Waals surface area contributed by atoms with Gasteiger partial charge in [-0.25, -0.2) is 0 Å². The second kappa shape index (κ2) is 10.3. The number of para-hydroxylation sites is 1. The summed E-state index contributed by atoms with van der Waals surface area (Å²) in [6.45, 7) is 0.889. The second-order valence-corrected chi connectivity index (χ2v) is 8.42. The molecule has 140 valence electrons. The molecule has 1 aromatic heterocycles. The highest BCUT2D eigenvalue weighted by Gasteiger charge is 2.08. The van der Waals surface area contributed by atoms with Crippen LogP contribution in [0.2, 0.25) is 0 Å². The van der Waals surface area contributed by atoms with E-state index in [2.05, 4.69) is 36.8 Å². The van der Waals surface area contributed by atoms with Crippen molar-refractivity contribution in [1.82, 2.24) is 15.5 Å². The monoisotopic (exact) mass is 464 g/mol. The lowest BCUT2D eigenvalue weighted by molar-refractivity contribution is -0.118. The molecule has 0 atom stereocenters. The fraction of sp³-hybridized carbons (Fsp3) is 0.167. The van der Waals surface area contributed by atoms with Crippen molar-refractivity contribution >= 4 is 55.8 Å². The van der Waals surface area contributed by atoms with Crippen molar-refractivity contribution in [3.63, 3.8) is 0 Å². The van der Waals surface area contributed by atoms with Gasteiger partial charge in [0.15, 0.2) is 4.34 Å². The van der Waals surface area contributed by atoms with Crippen LogP contribution in [0.25, 0.3) is 0 Å². The second-order valence-electron chi connectivity index (χ2n) is 5.31. The summed E-state index contributed by atoms with van der Waals surface area (Å²) in [5, 5.41) is 14.9. The smallest absolute Gasteiger partial charge is 0.230 e. The van der Waals surface area contributed by atoms with Crippen LogP contribution in [-0.2, 0) is 4.79 Å². The molecule has 0 saturated carbocycles. The molecule has 3 aromatic rings. The average molecular weight is 465 g/mol. The average Bonchev–Trinajstić information content (AvgIpc) is 3.12. The number of aromatic nitrogens is 2. The Hall–Kier alpha value is -2.10. The molecule has 0 aliphatic carbocycles. The number of benzene rings is 2. The predicted molar refractivity (Wildman–Crippen MR) is 113 cm³/mol. The molecule has 1 amide bonds. The van der Waals surface area contributed by atoms with Crippen LogP contribution in [-0.4, -0.2) is 35.0 Å². The van der Waals surface area contributed by atoms with Gasteiger partial charge in [-0.05, 0) is 30.3 Å². The van der Waals surface area contributed by atoms with Crippen molar-refractivity contribution in [3.8, 4) is 5.75 Å². The number of carbonyl (C=O) groups excluding carboxylic acids is 1. The van der Waals surface area contributed by atoms with Crippen LogP contribution in [0, 0.1) is 0 Å². The number of nitrogens with zero attached hydrogens (tertiary/aromatic N) is 2. The van der Waals surface area contributed by atoms with Crippen LogP contribution in [0.1, 0.15) is 0 Å². The fourth-order valence-electron chi connectivity index (χ4n) is 2.06. The van der Waals surface area contributed by atoms with E-state index in [-0.39, 0.29) is 11.7 Å². The van der Waals surface area contributed by atoms with E-state index in [1.54, 1.807) is 0 Å². The summed E-state index contributed by atoms with van der Waals surface area (Å²) in [6, 6.07) is 17.3. The summed E-state index contributed by atoms with van der Waals surface area (Å²) in [6.07, 6.45) is 0. The first kappa shape index (κ1) is 19.7. The first-order valence-electron chi connectivity index (χ1n) is 8.12. The molecule has 0 unspecified atom stereocenters. The van der Waals surface area contributed by atoms with Gasteiger partial charge in [-0.15, -0.1) is 10.2 Å². The zero-order valence-electron chi connectivity index (χ0n) is 14.2. The van der Waals surface area contributed by atoms with Crippen LogP contribution in [0.5, 0.6) is 5.75 Å². The highest BCUT2D eigenvalue weighted by Crippen LogP contribution is 2.28. The van der Waals surface area contributed by atoms with Gasteiger partial charge in [-0.3, -0.25) is 4.79 Å². The van der Waals surface area contributed by atoms with Gasteiger partial charge in [0.1, 0.15) is 12.4 Å². The standard InChI is InChI=1S/C18H17BrN4O2S2/c19-13-5-4-6-14(11-13)21-17-22-23-18(27-17)26-12-16(24)20-9-10-25-15-7-2-1-3-8-15/h1-8,11H,9-10,12H2,(H,20,24)(H,21,22). The third kappa shape index (κ3) is 6.85. The molecule has 27 heavy (non-hydrogen) atoms. The molecule has 3 rings (SSSR count). The van der Waals surface area contributed by atoms with Gasteiger partial charge in [0, 0.05) is 10.2 Å². The Morgan fingerprint density at radius 3 is 2.81 bits per heavy atom. The first-order chi connectivity index (χ1) is 13.2. The van der Waals surface area contributed by atoms with Gasteiger partial charge >= 0.3 is 0 Å². The quantitative estimate of drug-likeness (QED) is 0.362. The van der Waals surface area contributed by atoms with Crippen molar-refractivity contribution in [3.05, 3.63) is 59.1 Å². The Balaban J connectivity index is 1.36. The molecule has 0 aliphatic heterocycles. The lowest BCUT2D eigenvalue weighted by atomic mass is 10.3. The molecule has 1 heterocycles. The van der Waals surface area contributed by atoms with Crippen molar-refractivity contribution in [1.29, 1.82) is 0 Å². The van der Waals surface area contributed by atoms with Crippen LogP contribution in [0.3, 0.4) is 0 Å². The number of hydrogen-bond acceptors (Lipinski definition) is 7. The van der Waals surface area contributed by atoms with Crippen LogP contribution in [0.4, 0.5) is 10.8 Å². The number of amides is 1. The zero-order valence-corrected chi connectivity index (χ0v) is 17.4. The van der Waals surface area contributed by atoms with E-state index in [0.29, 0.717) is 18.3 Å². The molecule has 0 fully saturated rings. The summed E-state index contributed by atoms with van der Waals surface area (Å²) in [4.78, 5) is 11.9. The lowest BCUT2D eigenvalue weighted by Gasteiger charge is -2.07. The van der Waals surface area contributed by atoms with Gasteiger partial charge in [0.25, 0.3) is 0 Å². The molecule has 6 nitrogen and oxygen atoms in total. The van der Waals surface area contributed by atoms with Crippen LogP contribution >= 0.6 is 39.0 Å². The minimum absolute atomic E-state index is 0.0617. The zero-order chi connectivity index (χ0) is 18.9. The first-order valence-corrected chi connectivity index (χ1v) is 10.7. The molecule has 2 aromatic carbocycles. The number of thioether (sulfide) groups is 1. The number of anilines is 2. The van der Waals surface area contributed by atoms with E-state index in [1.165, 1.54) is 23.1 Å². The number of rotatable bonds is 9. The molecule has 2 N–H and O–H groups in total. The molecular formula is C18H17BrN4O2S2. The summed E-state index contributed by atoms with van der Waals surface area (Å²) in [5.41, 5.74) is 0.924. The third-order valence-corrected chi connectivity index (χ3v) is 5.71. The van der Waals surface area contributed by atoms with E-state index in [4.69, 9.17) is 4.74 Å². The maximum absolute atomic E-state index is 11.9. The van der Waals surface area contributed by atoms with E-state index < -0.39 is 0 Å². The van der Waals surface area contributed by atoms with Crippen molar-refractivity contribution in [2.75, 3.05) is 24.2 Å². The normalized spacial score (nSPS) is 10.4. The Morgan fingerprint density at radius 2 is 2.00 bits per heavy atom. The lowest BCUT2D eigenvalue weighted by Crippen LogP contribution is -2.29. The van der Waals surface area contributed by atoms with Crippen molar-refractivity contribution < 1.29 is 9.53 Å². The summed E-state index contributed by atoms with van der Waals surface area (Å²) in [7, 11) is 0. The number of hydrogen-bond donors (Lipinski definition) is 2. The minimum atomic E-state index is -0.0617. The highest BCUT2D eigenvalue weighted by molar-refractivity contribution is 9.10. The van der Waals surface area contributed by atoms with E-state index in [1.807, 2.05) is 54.6 Å². The fourth-order valence-corrected chi connectivity index (χ4v) is 4.06. The molecule has 0 spiro atoms. The molecule has 0 radical (unpaired) electrons. The largest absolute Gasteiger partial charge is 0.492 e. The highest BCUT2D eigenvalue weighted by atomic mass is 79.9. The molecule has 0 saturated heterocycles. The van der Waals surface area contributed by atoms with E-state index in [9.17, 15) is 4.79 Å². The molecule has 0 aliphatic rings. The van der Waals surface area contributed by atoms with Crippen LogP contribution < -0.4 is 15.4 Å². The number of carbonyl (C=O) groups is 1. The maximum atomic E-state index is 11.9. The summed E-state index contributed by atoms with van der Waals surface area (Å²) in [5.74, 6) is 1.02. The van der Waals surface area contributed by atoms with E-state index >= 15 is 0 Å². The van der Waals surface area contributed by atoms with Gasteiger partial charge < -0.3 is 15.4 Å². The number of halogens is 1. The van der Waals surface area contributed by atoms with E-state index in [0.717, 1.165) is 20.2 Å². The van der Waals surface area contributed by atoms with Gasteiger partial charge in [-0.2, -0.15) is 0 Å². The molecule has 9 heteroatoms. The van der Waals surface area contributed by atoms with Crippen molar-refractivity contribution in [2.45, 2.75) is 4.34 Å². The SMILES string of the molecule is O=C(CSc1nnc(Nc2cccc(Br)c2)s1)NCCOc1ccccc1. The molecule has 0 bridgehead atoms.